The van der Waals surface area contributed by atoms with Gasteiger partial charge in [0.1, 0.15) is 0 Å². The minimum absolute atomic E-state index is 0.0434. The first-order valence-corrected chi connectivity index (χ1v) is 9.82. The molecule has 0 unspecified atom stereocenters. The summed E-state index contributed by atoms with van der Waals surface area (Å²) in [7, 11) is 0. The number of aromatic hydroxyl groups is 1. The summed E-state index contributed by atoms with van der Waals surface area (Å²) >= 11 is 0. The Morgan fingerprint density at radius 1 is 1.14 bits per heavy atom. The van der Waals surface area contributed by atoms with Gasteiger partial charge < -0.3 is 10.0 Å². The van der Waals surface area contributed by atoms with E-state index in [1.54, 1.807) is 15.6 Å². The number of hydrogen-bond donors (Lipinski definition) is 2. The highest BCUT2D eigenvalue weighted by Crippen LogP contribution is 2.22. The molecule has 0 bridgehead atoms. The molecule has 0 spiro atoms. The number of amides is 1. The van der Waals surface area contributed by atoms with E-state index in [9.17, 15) is 19.5 Å². The van der Waals surface area contributed by atoms with Gasteiger partial charge in [0.25, 0.3) is 17.0 Å². The monoisotopic (exact) mass is 384 g/mol. The van der Waals surface area contributed by atoms with Gasteiger partial charge in [0, 0.05) is 37.8 Å². The first-order chi connectivity index (χ1) is 13.5. The van der Waals surface area contributed by atoms with Crippen molar-refractivity contribution in [3.05, 3.63) is 55.7 Å². The summed E-state index contributed by atoms with van der Waals surface area (Å²) in [4.78, 5) is 40.3. The molecule has 0 saturated carbocycles. The van der Waals surface area contributed by atoms with Crippen molar-refractivity contribution in [2.24, 2.45) is 5.92 Å². The van der Waals surface area contributed by atoms with Crippen molar-refractivity contribution in [1.82, 2.24) is 19.7 Å². The van der Waals surface area contributed by atoms with Crippen LogP contribution in [0.5, 0.6) is 5.88 Å². The molecule has 1 fully saturated rings. The fraction of sp³-hybridized carbons (Fsp3) is 0.500. The number of likely N-dealkylation sites (tertiary alicyclic amines) is 1. The molecular weight excluding hydrogens is 360 g/mol. The zero-order valence-corrected chi connectivity index (χ0v) is 15.7. The lowest BCUT2D eigenvalue weighted by Crippen LogP contribution is -2.40. The number of nitrogens with zero attached hydrogens (tertiary/aromatic N) is 3. The number of H-pyrrole nitrogens is 1. The number of rotatable bonds is 3. The Kier molecular flexibility index (Phi) is 5.02. The third-order valence-corrected chi connectivity index (χ3v) is 5.68. The molecule has 2 aromatic heterocycles. The summed E-state index contributed by atoms with van der Waals surface area (Å²) in [5, 5.41) is 14.1. The summed E-state index contributed by atoms with van der Waals surface area (Å²) in [6.07, 6.45) is 5.66. The van der Waals surface area contributed by atoms with Gasteiger partial charge in [-0.15, -0.1) is 0 Å². The highest BCUT2D eigenvalue weighted by atomic mass is 16.3. The Labute approximate surface area is 161 Å². The lowest BCUT2D eigenvalue weighted by atomic mass is 9.95. The smallest absolute Gasteiger partial charge is 0.267 e. The van der Waals surface area contributed by atoms with Gasteiger partial charge in [-0.25, -0.2) is 4.68 Å². The quantitative estimate of drug-likeness (QED) is 0.823. The molecule has 148 valence electrons. The first kappa shape index (κ1) is 18.5. The van der Waals surface area contributed by atoms with Crippen molar-refractivity contribution in [2.75, 3.05) is 13.1 Å². The molecule has 8 nitrogen and oxygen atoms in total. The Bertz CT molecular complexity index is 1000. The average Bonchev–Trinajstić information content (AvgIpc) is 2.68. The Morgan fingerprint density at radius 3 is 2.64 bits per heavy atom. The number of nitrogens with one attached hydrogen (secondary N) is 1. The standard InChI is InChI=1S/C20H24N4O4/c25-17-9-15(10-18(26)21-17)20(28)23-7-5-13(6-8-23)12-24-19(27)11-14-3-1-2-4-16(14)22-24/h9-11,13H,1-8,12H2,(H2,21,25,26). The van der Waals surface area contributed by atoms with E-state index in [0.717, 1.165) is 49.8 Å². The summed E-state index contributed by atoms with van der Waals surface area (Å²) in [5.74, 6) is -0.295. The van der Waals surface area contributed by atoms with Gasteiger partial charge in [-0.05, 0) is 50.0 Å². The Morgan fingerprint density at radius 2 is 1.89 bits per heavy atom. The van der Waals surface area contributed by atoms with E-state index >= 15 is 0 Å². The van der Waals surface area contributed by atoms with Gasteiger partial charge in [-0.3, -0.25) is 19.4 Å². The molecule has 0 atom stereocenters. The number of aromatic nitrogens is 3. The first-order valence-electron chi connectivity index (χ1n) is 9.82. The molecule has 0 aromatic carbocycles. The van der Waals surface area contributed by atoms with E-state index in [1.165, 1.54) is 12.1 Å². The molecule has 0 radical (unpaired) electrons. The van der Waals surface area contributed by atoms with Crippen molar-refractivity contribution in [2.45, 2.75) is 45.1 Å². The van der Waals surface area contributed by atoms with Crippen LogP contribution in [0.3, 0.4) is 0 Å². The van der Waals surface area contributed by atoms with Gasteiger partial charge in [-0.2, -0.15) is 5.10 Å². The van der Waals surface area contributed by atoms with Crippen LogP contribution < -0.4 is 11.1 Å². The van der Waals surface area contributed by atoms with Crippen molar-refractivity contribution < 1.29 is 9.90 Å². The van der Waals surface area contributed by atoms with Crippen molar-refractivity contribution in [1.29, 1.82) is 0 Å². The normalized spacial score (nSPS) is 17.4. The molecule has 1 aliphatic carbocycles. The molecule has 2 N–H and O–H groups in total. The number of hydrogen-bond acceptors (Lipinski definition) is 5. The maximum Gasteiger partial charge on any atom is 0.267 e. The van der Waals surface area contributed by atoms with Crippen LogP contribution >= 0.6 is 0 Å². The third-order valence-electron chi connectivity index (χ3n) is 5.68. The minimum Gasteiger partial charge on any atom is -0.494 e. The Balaban J connectivity index is 1.40. The van der Waals surface area contributed by atoms with Crippen LogP contribution in [0.4, 0.5) is 0 Å². The van der Waals surface area contributed by atoms with Crippen molar-refractivity contribution >= 4 is 5.91 Å². The van der Waals surface area contributed by atoms with E-state index in [1.807, 2.05) is 0 Å². The molecule has 1 saturated heterocycles. The SMILES string of the molecule is O=C(c1cc(O)[nH]c(=O)c1)N1CCC(Cn2nc3c(cc2=O)CCCC3)CC1. The van der Waals surface area contributed by atoms with Crippen LogP contribution in [0.2, 0.25) is 0 Å². The number of pyridine rings is 1. The van der Waals surface area contributed by atoms with Gasteiger partial charge in [0.05, 0.1) is 11.3 Å². The summed E-state index contributed by atoms with van der Waals surface area (Å²) in [6.45, 7) is 1.67. The summed E-state index contributed by atoms with van der Waals surface area (Å²) in [5.41, 5.74) is 1.78. The molecule has 3 heterocycles. The van der Waals surface area contributed by atoms with E-state index in [4.69, 9.17) is 0 Å². The maximum atomic E-state index is 12.6. The number of piperidine rings is 1. The molecule has 1 aliphatic heterocycles. The molecule has 2 aromatic rings. The fourth-order valence-electron chi connectivity index (χ4n) is 4.13. The molecule has 2 aliphatic rings. The van der Waals surface area contributed by atoms with Crippen LogP contribution in [0.15, 0.2) is 27.8 Å². The Hall–Kier alpha value is -2.90. The largest absolute Gasteiger partial charge is 0.494 e. The highest BCUT2D eigenvalue weighted by Gasteiger charge is 2.25. The number of aromatic amines is 1. The van der Waals surface area contributed by atoms with Crippen LogP contribution in [-0.4, -0.2) is 43.8 Å². The second-order valence-corrected chi connectivity index (χ2v) is 7.70. The number of carbonyl (C=O) groups excluding carboxylic acids is 1. The topological polar surface area (TPSA) is 108 Å². The van der Waals surface area contributed by atoms with Crippen LogP contribution in [-0.2, 0) is 19.4 Å². The fourth-order valence-corrected chi connectivity index (χ4v) is 4.13. The van der Waals surface area contributed by atoms with E-state index in [0.29, 0.717) is 19.6 Å². The number of carbonyl (C=O) groups is 1. The predicted molar refractivity (Wildman–Crippen MR) is 102 cm³/mol. The molecule has 8 heteroatoms. The predicted octanol–water partition coefficient (Wildman–Crippen LogP) is 1.07. The zero-order valence-electron chi connectivity index (χ0n) is 15.7. The van der Waals surface area contributed by atoms with Gasteiger partial charge >= 0.3 is 0 Å². The highest BCUT2D eigenvalue weighted by molar-refractivity contribution is 5.94. The molecule has 4 rings (SSSR count). The molecule has 28 heavy (non-hydrogen) atoms. The lowest BCUT2D eigenvalue weighted by molar-refractivity contribution is 0.0679. The lowest BCUT2D eigenvalue weighted by Gasteiger charge is -2.32. The maximum absolute atomic E-state index is 12.6. The van der Waals surface area contributed by atoms with E-state index in [-0.39, 0.29) is 28.8 Å². The van der Waals surface area contributed by atoms with Gasteiger partial charge in [0.15, 0.2) is 5.88 Å². The third kappa shape index (κ3) is 3.85. The van der Waals surface area contributed by atoms with Crippen LogP contribution in [0, 0.1) is 5.92 Å². The molecular formula is C20H24N4O4. The number of aryl methyl sites for hydroxylation is 2. The minimum atomic E-state index is -0.504. The van der Waals surface area contributed by atoms with Crippen molar-refractivity contribution in [3.8, 4) is 5.88 Å². The number of fused-ring (bicyclic) bond motifs is 1. The van der Waals surface area contributed by atoms with Crippen molar-refractivity contribution in [3.63, 3.8) is 0 Å². The second-order valence-electron chi connectivity index (χ2n) is 7.70. The zero-order chi connectivity index (χ0) is 19.7. The van der Waals surface area contributed by atoms with Crippen LogP contribution in [0.1, 0.15) is 47.3 Å². The molecule has 1 amide bonds. The average molecular weight is 384 g/mol. The van der Waals surface area contributed by atoms with E-state index in [2.05, 4.69) is 10.1 Å². The second kappa shape index (κ2) is 7.61. The summed E-state index contributed by atoms with van der Waals surface area (Å²) < 4.78 is 1.58. The van der Waals surface area contributed by atoms with Gasteiger partial charge in [0.2, 0.25) is 0 Å². The van der Waals surface area contributed by atoms with E-state index < -0.39 is 5.56 Å². The summed E-state index contributed by atoms with van der Waals surface area (Å²) in [6, 6.07) is 4.21. The van der Waals surface area contributed by atoms with Crippen LogP contribution in [0.25, 0.3) is 0 Å². The van der Waals surface area contributed by atoms with Gasteiger partial charge in [-0.1, -0.05) is 0 Å².